The van der Waals surface area contributed by atoms with Gasteiger partial charge in [0.2, 0.25) is 0 Å². The third-order valence-corrected chi connectivity index (χ3v) is 0.372. The molecule has 0 aromatic rings. The summed E-state index contributed by atoms with van der Waals surface area (Å²) in [7, 11) is 0. The minimum Gasteiger partial charge on any atom is -0.329 e. The Kier molecular flexibility index (Phi) is 9.15. The van der Waals surface area contributed by atoms with Crippen molar-refractivity contribution in [3.8, 4) is 0 Å². The summed E-state index contributed by atoms with van der Waals surface area (Å²) in [5, 5.41) is 0. The molecule has 0 saturated heterocycles. The molecule has 0 spiro atoms. The van der Waals surface area contributed by atoms with Crippen molar-refractivity contribution < 1.29 is 21.1 Å². The molecule has 0 aliphatic carbocycles. The number of hydrogen-bond donors (Lipinski definition) is 2. The van der Waals surface area contributed by atoms with E-state index in [1.54, 1.807) is 0 Å². The van der Waals surface area contributed by atoms with Crippen LogP contribution in [0, 0.1) is 0 Å². The van der Waals surface area contributed by atoms with Gasteiger partial charge in [-0.1, -0.05) is 0 Å². The van der Waals surface area contributed by atoms with Gasteiger partial charge in [0.15, 0.2) is 0 Å². The van der Waals surface area contributed by atoms with Crippen molar-refractivity contribution in [3.05, 3.63) is 0 Å². The second-order valence-electron chi connectivity index (χ2n) is 1.21. The van der Waals surface area contributed by atoms with E-state index < -0.39 is 0 Å². The molecule has 0 bridgehead atoms. The molecular formula is C3H10N2Pt. The first kappa shape index (κ1) is 9.79. The maximum Gasteiger partial charge on any atom is 0.0134 e. The zero-order valence-corrected chi connectivity index (χ0v) is 6.03. The van der Waals surface area contributed by atoms with Gasteiger partial charge in [-0.2, -0.15) is 0 Å². The maximum atomic E-state index is 5.17. The Morgan fingerprint density at radius 3 is 1.83 bits per heavy atom. The molecule has 6 heavy (non-hydrogen) atoms. The number of nitrogens with two attached hydrogens (primary N) is 2. The molecule has 0 rings (SSSR count). The van der Waals surface area contributed by atoms with Gasteiger partial charge in [-0.25, -0.2) is 0 Å². The van der Waals surface area contributed by atoms with Crippen LogP contribution < -0.4 is 11.5 Å². The van der Waals surface area contributed by atoms with Gasteiger partial charge in [0.25, 0.3) is 0 Å². The van der Waals surface area contributed by atoms with Crippen molar-refractivity contribution in [1.29, 1.82) is 0 Å². The van der Waals surface area contributed by atoms with E-state index in [0.717, 1.165) is 0 Å². The standard InChI is InChI=1S/C3H10N2.Pt/c1-3(5)2-4;/h3H,2,4-5H2,1H3;/t3-;/m1./s1. The zero-order valence-electron chi connectivity index (χ0n) is 3.76. The molecule has 0 heterocycles. The first-order chi connectivity index (χ1) is 2.27. The van der Waals surface area contributed by atoms with Crippen molar-refractivity contribution in [2.24, 2.45) is 11.5 Å². The van der Waals surface area contributed by atoms with Gasteiger partial charge < -0.3 is 11.5 Å². The first-order valence-corrected chi connectivity index (χ1v) is 1.73. The van der Waals surface area contributed by atoms with E-state index in [9.17, 15) is 0 Å². The fourth-order valence-corrected chi connectivity index (χ4v) is 0. The molecular weight excluding hydrogens is 259 g/mol. The molecule has 3 heteroatoms. The molecule has 4 N–H and O–H groups in total. The Labute approximate surface area is 52.5 Å². The van der Waals surface area contributed by atoms with E-state index in [2.05, 4.69) is 0 Å². The molecule has 0 aliphatic heterocycles. The van der Waals surface area contributed by atoms with E-state index in [4.69, 9.17) is 11.5 Å². The van der Waals surface area contributed by atoms with Crippen LogP contribution in [0.3, 0.4) is 0 Å². The van der Waals surface area contributed by atoms with Gasteiger partial charge >= 0.3 is 0 Å². The molecule has 0 aromatic carbocycles. The summed E-state index contributed by atoms with van der Waals surface area (Å²) in [6.07, 6.45) is 0. The van der Waals surface area contributed by atoms with E-state index >= 15 is 0 Å². The van der Waals surface area contributed by atoms with E-state index in [1.165, 1.54) is 0 Å². The summed E-state index contributed by atoms with van der Waals surface area (Å²) in [6, 6.07) is 0.162. The third kappa shape index (κ3) is 8.82. The quantitative estimate of drug-likeness (QED) is 0.661. The summed E-state index contributed by atoms with van der Waals surface area (Å²) < 4.78 is 0. The normalized spacial score (nSPS) is 12.5. The van der Waals surface area contributed by atoms with Crippen LogP contribution in [0.5, 0.6) is 0 Å². The van der Waals surface area contributed by atoms with Crippen LogP contribution >= 0.6 is 0 Å². The molecule has 0 aromatic heterocycles. The molecule has 0 radical (unpaired) electrons. The van der Waals surface area contributed by atoms with Crippen LogP contribution in [-0.2, 0) is 21.1 Å². The smallest absolute Gasteiger partial charge is 0.0134 e. The van der Waals surface area contributed by atoms with Crippen molar-refractivity contribution in [2.45, 2.75) is 13.0 Å². The summed E-state index contributed by atoms with van der Waals surface area (Å²) in [5.74, 6) is 0. The monoisotopic (exact) mass is 269 g/mol. The molecule has 42 valence electrons. The Morgan fingerprint density at radius 2 is 1.83 bits per heavy atom. The second kappa shape index (κ2) is 5.61. The van der Waals surface area contributed by atoms with Crippen molar-refractivity contribution in [1.82, 2.24) is 0 Å². The Hall–Kier alpha value is 0.608. The van der Waals surface area contributed by atoms with Crippen LogP contribution in [-0.4, -0.2) is 12.6 Å². The third-order valence-electron chi connectivity index (χ3n) is 0.372. The summed E-state index contributed by atoms with van der Waals surface area (Å²) in [5.41, 5.74) is 10.2. The van der Waals surface area contributed by atoms with Gasteiger partial charge in [-0.15, -0.1) is 0 Å². The Bertz CT molecular complexity index is 22.8. The van der Waals surface area contributed by atoms with Crippen molar-refractivity contribution in [2.75, 3.05) is 6.54 Å². The molecule has 0 unspecified atom stereocenters. The van der Waals surface area contributed by atoms with E-state index in [0.29, 0.717) is 6.54 Å². The predicted molar refractivity (Wildman–Crippen MR) is 22.7 cm³/mol. The fourth-order valence-electron chi connectivity index (χ4n) is 0. The topological polar surface area (TPSA) is 52.0 Å². The van der Waals surface area contributed by atoms with Crippen molar-refractivity contribution >= 4 is 0 Å². The molecule has 2 nitrogen and oxygen atoms in total. The zero-order chi connectivity index (χ0) is 4.28. The summed E-state index contributed by atoms with van der Waals surface area (Å²) >= 11 is 0. The van der Waals surface area contributed by atoms with Crippen LogP contribution in [0.1, 0.15) is 6.92 Å². The number of hydrogen-bond acceptors (Lipinski definition) is 2. The largest absolute Gasteiger partial charge is 0.329 e. The van der Waals surface area contributed by atoms with Gasteiger partial charge in [0, 0.05) is 33.7 Å². The minimum atomic E-state index is 0. The summed E-state index contributed by atoms with van der Waals surface area (Å²) in [4.78, 5) is 0. The predicted octanol–water partition coefficient (Wildman–Crippen LogP) is -0.710. The summed E-state index contributed by atoms with van der Waals surface area (Å²) in [6.45, 7) is 2.46. The van der Waals surface area contributed by atoms with E-state index in [-0.39, 0.29) is 27.1 Å². The van der Waals surface area contributed by atoms with Gasteiger partial charge in [0.1, 0.15) is 0 Å². The van der Waals surface area contributed by atoms with Crippen LogP contribution in [0.2, 0.25) is 0 Å². The van der Waals surface area contributed by atoms with Crippen LogP contribution in [0.4, 0.5) is 0 Å². The Balaban J connectivity index is 0. The molecule has 1 atom stereocenters. The van der Waals surface area contributed by atoms with Gasteiger partial charge in [-0.05, 0) is 6.92 Å². The average molecular weight is 269 g/mol. The van der Waals surface area contributed by atoms with Gasteiger partial charge in [-0.3, -0.25) is 0 Å². The van der Waals surface area contributed by atoms with E-state index in [1.807, 2.05) is 6.92 Å². The van der Waals surface area contributed by atoms with Crippen LogP contribution in [0.15, 0.2) is 0 Å². The maximum absolute atomic E-state index is 5.17. The minimum absolute atomic E-state index is 0. The Morgan fingerprint density at radius 1 is 1.67 bits per heavy atom. The fraction of sp³-hybridized carbons (Fsp3) is 1.00. The van der Waals surface area contributed by atoms with Crippen LogP contribution in [0.25, 0.3) is 0 Å². The molecule has 0 amide bonds. The van der Waals surface area contributed by atoms with Gasteiger partial charge in [0.05, 0.1) is 0 Å². The second-order valence-corrected chi connectivity index (χ2v) is 1.21. The number of rotatable bonds is 1. The molecule has 0 fully saturated rings. The molecule has 0 saturated carbocycles. The molecule has 0 aliphatic rings. The average Bonchev–Trinajstić information content (AvgIpc) is 1.38. The SMILES string of the molecule is C[C@@H](N)CN.[Pt]. The van der Waals surface area contributed by atoms with Crippen molar-refractivity contribution in [3.63, 3.8) is 0 Å². The first-order valence-electron chi connectivity index (χ1n) is 1.73.